The van der Waals surface area contributed by atoms with Crippen molar-refractivity contribution in [1.29, 1.82) is 0 Å². The van der Waals surface area contributed by atoms with Crippen LogP contribution in [0.1, 0.15) is 19.1 Å². The van der Waals surface area contributed by atoms with Crippen LogP contribution in [0.5, 0.6) is 11.5 Å². The first kappa shape index (κ1) is 22.2. The Morgan fingerprint density at radius 1 is 1.06 bits per heavy atom. The summed E-state index contributed by atoms with van der Waals surface area (Å²) >= 11 is 0. The third-order valence-electron chi connectivity index (χ3n) is 4.49. The van der Waals surface area contributed by atoms with Crippen LogP contribution in [0.25, 0.3) is 16.5 Å². The van der Waals surface area contributed by atoms with E-state index in [0.717, 1.165) is 6.08 Å². The molecule has 1 aromatic heterocycles. The van der Waals surface area contributed by atoms with Crippen molar-refractivity contribution < 1.29 is 43.9 Å². The van der Waals surface area contributed by atoms with Crippen molar-refractivity contribution in [2.24, 2.45) is 0 Å². The monoisotopic (exact) mass is 432 g/mol. The number of carbonyl (C=O) groups excluding carboxylic acids is 2. The molecule has 10 nitrogen and oxygen atoms in total. The van der Waals surface area contributed by atoms with E-state index in [1.807, 2.05) is 0 Å². The average molecular weight is 432 g/mol. The summed E-state index contributed by atoms with van der Waals surface area (Å²) in [5, 5.41) is 38.4. The molecule has 0 aliphatic heterocycles. The summed E-state index contributed by atoms with van der Waals surface area (Å²) in [6.07, 6.45) is 0.209. The molecule has 10 heteroatoms. The molecule has 1 aromatic carbocycles. The highest BCUT2D eigenvalue weighted by Crippen LogP contribution is 2.33. The molecular weight excluding hydrogens is 412 g/mol. The molecular formula is C21H20O10. The summed E-state index contributed by atoms with van der Waals surface area (Å²) in [6.45, 7) is 1.09. The lowest BCUT2D eigenvalue weighted by atomic mass is 10.00. The van der Waals surface area contributed by atoms with Crippen LogP contribution < -0.4 is 10.2 Å². The SMILES string of the molecule is CC(Oc1ccc2c(=O)c(O)c(C3=CC(=O)C(=O)C=C3O)oc2c1)OC(CO)CCO. The summed E-state index contributed by atoms with van der Waals surface area (Å²) in [6, 6.07) is 4.14. The normalized spacial score (nSPS) is 16.1. The fourth-order valence-electron chi connectivity index (χ4n) is 2.99. The van der Waals surface area contributed by atoms with Gasteiger partial charge < -0.3 is 34.3 Å². The first-order chi connectivity index (χ1) is 14.7. The molecule has 1 aliphatic rings. The molecule has 2 aromatic rings. The number of aliphatic hydroxyl groups is 3. The number of benzene rings is 1. The topological polar surface area (TPSA) is 164 Å². The molecule has 2 unspecified atom stereocenters. The van der Waals surface area contributed by atoms with Gasteiger partial charge in [0.2, 0.25) is 22.7 Å². The largest absolute Gasteiger partial charge is 0.507 e. The highest BCUT2D eigenvalue weighted by atomic mass is 16.7. The van der Waals surface area contributed by atoms with Gasteiger partial charge in [0, 0.05) is 24.8 Å². The van der Waals surface area contributed by atoms with Gasteiger partial charge in [0.05, 0.1) is 23.7 Å². The van der Waals surface area contributed by atoms with Crippen molar-refractivity contribution in [2.45, 2.75) is 25.7 Å². The van der Waals surface area contributed by atoms with E-state index in [-0.39, 0.29) is 41.9 Å². The maximum absolute atomic E-state index is 12.5. The van der Waals surface area contributed by atoms with Gasteiger partial charge in [-0.3, -0.25) is 14.4 Å². The summed E-state index contributed by atoms with van der Waals surface area (Å²) in [5.41, 5.74) is -1.14. The van der Waals surface area contributed by atoms with Crippen molar-refractivity contribution in [3.05, 3.63) is 52.1 Å². The zero-order valence-corrected chi connectivity index (χ0v) is 16.4. The average Bonchev–Trinajstić information content (AvgIpc) is 2.73. The Hall–Kier alpha value is -3.47. The molecule has 31 heavy (non-hydrogen) atoms. The highest BCUT2D eigenvalue weighted by molar-refractivity contribution is 6.48. The molecule has 0 bridgehead atoms. The van der Waals surface area contributed by atoms with Crippen LogP contribution in [0.2, 0.25) is 0 Å². The molecule has 0 fully saturated rings. The van der Waals surface area contributed by atoms with Crippen LogP contribution in [0.4, 0.5) is 0 Å². The Morgan fingerprint density at radius 3 is 2.45 bits per heavy atom. The molecule has 0 spiro atoms. The molecule has 0 saturated heterocycles. The van der Waals surface area contributed by atoms with E-state index in [1.54, 1.807) is 6.92 Å². The van der Waals surface area contributed by atoms with E-state index < -0.39 is 46.7 Å². The minimum Gasteiger partial charge on any atom is -0.507 e. The number of aromatic hydroxyl groups is 1. The van der Waals surface area contributed by atoms with Gasteiger partial charge in [-0.25, -0.2) is 0 Å². The van der Waals surface area contributed by atoms with Crippen molar-refractivity contribution >= 4 is 28.1 Å². The summed E-state index contributed by atoms with van der Waals surface area (Å²) < 4.78 is 16.6. The van der Waals surface area contributed by atoms with Gasteiger partial charge in [-0.1, -0.05) is 0 Å². The molecule has 0 radical (unpaired) electrons. The lowest BCUT2D eigenvalue weighted by Crippen LogP contribution is -2.28. The van der Waals surface area contributed by atoms with E-state index in [0.29, 0.717) is 6.08 Å². The Kier molecular flexibility index (Phi) is 6.54. The Bertz CT molecular complexity index is 1140. The molecule has 1 aliphatic carbocycles. The van der Waals surface area contributed by atoms with Crippen molar-refractivity contribution in [3.63, 3.8) is 0 Å². The lowest BCUT2D eigenvalue weighted by molar-refractivity contribution is -0.131. The zero-order valence-electron chi connectivity index (χ0n) is 16.4. The van der Waals surface area contributed by atoms with Gasteiger partial charge in [-0.05, 0) is 25.5 Å². The minimum absolute atomic E-state index is 0.0120. The second kappa shape index (κ2) is 9.13. The molecule has 164 valence electrons. The number of ketones is 2. The third kappa shape index (κ3) is 4.66. The fraction of sp³-hybridized carbons (Fsp3) is 0.286. The van der Waals surface area contributed by atoms with Gasteiger partial charge in [0.25, 0.3) is 0 Å². The summed E-state index contributed by atoms with van der Waals surface area (Å²) in [4.78, 5) is 35.6. The van der Waals surface area contributed by atoms with Crippen molar-refractivity contribution in [3.8, 4) is 11.5 Å². The fourth-order valence-corrected chi connectivity index (χ4v) is 2.99. The quantitative estimate of drug-likeness (QED) is 0.268. The van der Waals surface area contributed by atoms with E-state index in [1.165, 1.54) is 18.2 Å². The van der Waals surface area contributed by atoms with E-state index in [4.69, 9.17) is 19.0 Å². The first-order valence-corrected chi connectivity index (χ1v) is 9.30. The Labute approximate surface area is 175 Å². The van der Waals surface area contributed by atoms with Crippen LogP contribution in [0, 0.1) is 0 Å². The smallest absolute Gasteiger partial charge is 0.235 e. The minimum atomic E-state index is -0.948. The number of allylic oxidation sites excluding steroid dienone is 3. The van der Waals surface area contributed by atoms with Gasteiger partial charge in [-0.15, -0.1) is 0 Å². The molecule has 2 atom stereocenters. The predicted octanol–water partition coefficient (Wildman–Crippen LogP) is 0.960. The number of fused-ring (bicyclic) bond motifs is 1. The number of ether oxygens (including phenoxy) is 2. The lowest BCUT2D eigenvalue weighted by Gasteiger charge is -2.21. The van der Waals surface area contributed by atoms with Crippen LogP contribution in [0.15, 0.2) is 45.3 Å². The number of hydrogen-bond donors (Lipinski definition) is 4. The molecule has 3 rings (SSSR count). The molecule has 4 N–H and O–H groups in total. The third-order valence-corrected chi connectivity index (χ3v) is 4.49. The number of aliphatic hydroxyl groups excluding tert-OH is 3. The maximum Gasteiger partial charge on any atom is 0.235 e. The second-order valence-electron chi connectivity index (χ2n) is 6.72. The first-order valence-electron chi connectivity index (χ1n) is 9.30. The summed E-state index contributed by atoms with van der Waals surface area (Å²) in [5.74, 6) is -3.60. The predicted molar refractivity (Wildman–Crippen MR) is 107 cm³/mol. The van der Waals surface area contributed by atoms with Gasteiger partial charge in [-0.2, -0.15) is 0 Å². The molecule has 0 saturated carbocycles. The number of rotatable bonds is 8. The summed E-state index contributed by atoms with van der Waals surface area (Å²) in [7, 11) is 0. The second-order valence-corrected chi connectivity index (χ2v) is 6.72. The Morgan fingerprint density at radius 2 is 1.77 bits per heavy atom. The van der Waals surface area contributed by atoms with E-state index >= 15 is 0 Å². The van der Waals surface area contributed by atoms with Crippen LogP contribution in [0.3, 0.4) is 0 Å². The van der Waals surface area contributed by atoms with Crippen molar-refractivity contribution in [2.75, 3.05) is 13.2 Å². The van der Waals surface area contributed by atoms with Crippen LogP contribution >= 0.6 is 0 Å². The zero-order chi connectivity index (χ0) is 22.7. The van der Waals surface area contributed by atoms with Gasteiger partial charge in [0.1, 0.15) is 17.1 Å². The van der Waals surface area contributed by atoms with E-state index in [9.17, 15) is 29.7 Å². The standard InChI is InChI=1S/C21H20O10/c1-10(30-12(9-23)4-5-22)29-11-2-3-13-18(6-11)31-21(20(28)19(13)27)14-7-16(25)17(26)8-15(14)24/h2-3,6-8,10,12,22-24,28H,4-5,9H2,1H3. The van der Waals surface area contributed by atoms with E-state index in [2.05, 4.69) is 0 Å². The number of hydrogen-bond acceptors (Lipinski definition) is 10. The van der Waals surface area contributed by atoms with Crippen LogP contribution in [-0.2, 0) is 14.3 Å². The molecule has 1 heterocycles. The van der Waals surface area contributed by atoms with Crippen molar-refractivity contribution in [1.82, 2.24) is 0 Å². The van der Waals surface area contributed by atoms with Gasteiger partial charge >= 0.3 is 0 Å². The van der Waals surface area contributed by atoms with Gasteiger partial charge in [0.15, 0.2) is 12.1 Å². The highest BCUT2D eigenvalue weighted by Gasteiger charge is 2.26. The van der Waals surface area contributed by atoms with Crippen LogP contribution in [-0.4, -0.2) is 57.6 Å². The number of carbonyl (C=O) groups is 2. The Balaban J connectivity index is 1.96. The molecule has 0 amide bonds. The maximum atomic E-state index is 12.5.